The van der Waals surface area contributed by atoms with E-state index in [0.29, 0.717) is 35.1 Å². The summed E-state index contributed by atoms with van der Waals surface area (Å²) in [6, 6.07) is 33.2. The third kappa shape index (κ3) is 10.4. The number of hydrogen-bond acceptors (Lipinski definition) is 10. The minimum Gasteiger partial charge on any atom is -0.348 e. The predicted octanol–water partition coefficient (Wildman–Crippen LogP) is 8.69. The zero-order valence-electron chi connectivity index (χ0n) is 29.0. The van der Waals surface area contributed by atoms with Gasteiger partial charge in [-0.1, -0.05) is 54.6 Å². The molecule has 11 nitrogen and oxygen atoms in total. The van der Waals surface area contributed by atoms with Gasteiger partial charge in [-0.05, 0) is 91.7 Å². The molecule has 53 heavy (non-hydrogen) atoms. The molecule has 6 rings (SSSR count). The molecule has 0 saturated carbocycles. The van der Waals surface area contributed by atoms with Crippen LogP contribution in [0, 0.1) is 12.7 Å². The summed E-state index contributed by atoms with van der Waals surface area (Å²) in [7, 11) is 0. The molecule has 6 aromatic rings. The van der Waals surface area contributed by atoms with Crippen molar-refractivity contribution < 1.29 is 14.0 Å². The first-order chi connectivity index (χ1) is 25.8. The van der Waals surface area contributed by atoms with Gasteiger partial charge in [0, 0.05) is 52.7 Å². The lowest BCUT2D eigenvalue weighted by molar-refractivity contribution is -0.116. The van der Waals surface area contributed by atoms with E-state index in [9.17, 15) is 14.0 Å². The molecule has 0 bridgehead atoms. The maximum absolute atomic E-state index is 14.5. The van der Waals surface area contributed by atoms with Crippen LogP contribution in [0.2, 0.25) is 0 Å². The Kier molecular flexibility index (Phi) is 11.5. The number of carbonyl (C=O) groups excluding carboxylic acids is 2. The number of hydrogen-bond donors (Lipinski definition) is 5. The molecular weight excluding hydrogens is 670 g/mol. The van der Waals surface area contributed by atoms with Crippen LogP contribution in [0.5, 0.6) is 0 Å². The third-order valence-corrected chi connectivity index (χ3v) is 7.72. The number of amides is 1. The maximum atomic E-state index is 14.5. The van der Waals surface area contributed by atoms with Gasteiger partial charge in [-0.2, -0.15) is 9.97 Å². The number of carbonyl (C=O) groups is 2. The molecule has 1 amide bonds. The molecule has 12 heteroatoms. The Morgan fingerprint density at radius 1 is 0.660 bits per heavy atom. The highest BCUT2D eigenvalue weighted by molar-refractivity contribution is 6.05. The lowest BCUT2D eigenvalue weighted by Crippen LogP contribution is -2.20. The van der Waals surface area contributed by atoms with Crippen molar-refractivity contribution in [1.29, 1.82) is 0 Å². The van der Waals surface area contributed by atoms with Gasteiger partial charge < -0.3 is 26.6 Å². The molecule has 0 aliphatic rings. The van der Waals surface area contributed by atoms with E-state index in [2.05, 4.69) is 46.5 Å². The van der Waals surface area contributed by atoms with Crippen molar-refractivity contribution in [3.8, 4) is 0 Å². The number of para-hydroxylation sites is 2. The van der Waals surface area contributed by atoms with Crippen LogP contribution < -0.4 is 26.6 Å². The van der Waals surface area contributed by atoms with Crippen molar-refractivity contribution in [2.75, 3.05) is 21.3 Å². The van der Waals surface area contributed by atoms with E-state index >= 15 is 0 Å². The summed E-state index contributed by atoms with van der Waals surface area (Å²) >= 11 is 0. The molecule has 0 fully saturated rings. The molecule has 0 radical (unpaired) electrons. The number of halogens is 1. The first-order valence-electron chi connectivity index (χ1n) is 16.7. The van der Waals surface area contributed by atoms with E-state index < -0.39 is 5.82 Å². The van der Waals surface area contributed by atoms with Gasteiger partial charge in [0.05, 0.1) is 6.20 Å². The normalized spacial score (nSPS) is 11.2. The fourth-order valence-corrected chi connectivity index (χ4v) is 4.99. The number of aryl methyl sites for hydroxylation is 1. The summed E-state index contributed by atoms with van der Waals surface area (Å²) in [5.74, 6) is 0.190. The first-order valence-corrected chi connectivity index (χ1v) is 16.7. The summed E-state index contributed by atoms with van der Waals surface area (Å²) in [6.07, 6.45) is 7.25. The highest BCUT2D eigenvalue weighted by atomic mass is 19.1. The lowest BCUT2D eigenvalue weighted by Gasteiger charge is -2.12. The summed E-state index contributed by atoms with van der Waals surface area (Å²) in [4.78, 5) is 42.7. The van der Waals surface area contributed by atoms with Crippen LogP contribution in [-0.2, 0) is 11.3 Å². The SMILES string of the molecule is CC(C=CC(=O)NCc1cccc(Nc2nc(Nc3ccccc3)ncc2C)c1)=CC(=O)c1ccc(Nc2nc(Nc3ccccc3)ncc2F)cc1. The average molecular weight is 706 g/mol. The monoisotopic (exact) mass is 705 g/mol. The number of anilines is 8. The Morgan fingerprint density at radius 2 is 1.25 bits per heavy atom. The Hall–Kier alpha value is -7.21. The number of nitrogens with one attached hydrogen (secondary N) is 5. The van der Waals surface area contributed by atoms with E-state index in [0.717, 1.165) is 34.4 Å². The van der Waals surface area contributed by atoms with Gasteiger partial charge in [0.25, 0.3) is 0 Å². The van der Waals surface area contributed by atoms with Crippen molar-refractivity contribution in [3.63, 3.8) is 0 Å². The van der Waals surface area contributed by atoms with Gasteiger partial charge in [0.1, 0.15) is 5.82 Å². The average Bonchev–Trinajstić information content (AvgIpc) is 3.17. The second kappa shape index (κ2) is 17.1. The van der Waals surface area contributed by atoms with Gasteiger partial charge in [0.2, 0.25) is 17.8 Å². The van der Waals surface area contributed by atoms with E-state index in [1.165, 1.54) is 12.2 Å². The molecule has 2 aromatic heterocycles. The van der Waals surface area contributed by atoms with Crippen LogP contribution in [0.3, 0.4) is 0 Å². The van der Waals surface area contributed by atoms with Gasteiger partial charge in [-0.3, -0.25) is 9.59 Å². The second-order valence-electron chi connectivity index (χ2n) is 11.9. The molecule has 2 heterocycles. The van der Waals surface area contributed by atoms with Gasteiger partial charge >= 0.3 is 0 Å². The molecule has 5 N–H and O–H groups in total. The van der Waals surface area contributed by atoms with Gasteiger partial charge in [-0.15, -0.1) is 0 Å². The van der Waals surface area contributed by atoms with Gasteiger partial charge in [0.15, 0.2) is 17.4 Å². The summed E-state index contributed by atoms with van der Waals surface area (Å²) in [5, 5.41) is 15.4. The van der Waals surface area contributed by atoms with E-state index in [4.69, 9.17) is 0 Å². The molecular formula is C41H36FN9O2. The topological polar surface area (TPSA) is 146 Å². The standard InChI is InChI=1S/C41H36FN9O2/c1-27(22-36(52)30-17-19-33(20-18-30)46-39-35(42)26-45-41(51-39)49-32-13-7-4-8-14-32)16-21-37(53)43-25-29-10-9-15-34(23-29)47-38-28(2)24-44-40(50-38)48-31-11-5-3-6-12-31/h3-24,26H,25H2,1-2H3,(H,43,53)(H2,44,47,48,50)(H2,45,46,49,51). The molecule has 4 aromatic carbocycles. The van der Waals surface area contributed by atoms with Crippen LogP contribution in [0.25, 0.3) is 0 Å². The zero-order valence-corrected chi connectivity index (χ0v) is 29.0. The van der Waals surface area contributed by atoms with Crippen LogP contribution in [0.1, 0.15) is 28.4 Å². The predicted molar refractivity (Wildman–Crippen MR) is 207 cm³/mol. The van der Waals surface area contributed by atoms with Crippen molar-refractivity contribution in [1.82, 2.24) is 25.3 Å². The van der Waals surface area contributed by atoms with Crippen molar-refractivity contribution in [2.24, 2.45) is 0 Å². The zero-order chi connectivity index (χ0) is 37.0. The van der Waals surface area contributed by atoms with E-state index in [1.807, 2.05) is 91.9 Å². The summed E-state index contributed by atoms with van der Waals surface area (Å²) in [5.41, 5.74) is 5.80. The number of aromatic nitrogens is 4. The number of allylic oxidation sites excluding steroid dienone is 3. The highest BCUT2D eigenvalue weighted by Gasteiger charge is 2.10. The third-order valence-electron chi connectivity index (χ3n) is 7.72. The highest BCUT2D eigenvalue weighted by Crippen LogP contribution is 2.23. The Balaban J connectivity index is 0.993. The molecule has 0 aliphatic heterocycles. The summed E-state index contributed by atoms with van der Waals surface area (Å²) in [6.45, 7) is 3.96. The molecule has 0 saturated heterocycles. The molecule has 0 aliphatic carbocycles. The van der Waals surface area contributed by atoms with E-state index in [1.54, 1.807) is 43.5 Å². The van der Waals surface area contributed by atoms with Crippen LogP contribution >= 0.6 is 0 Å². The minimum absolute atomic E-state index is 0.00982. The number of rotatable bonds is 14. The van der Waals surface area contributed by atoms with Crippen molar-refractivity contribution >= 4 is 58.0 Å². The summed E-state index contributed by atoms with van der Waals surface area (Å²) < 4.78 is 14.5. The smallest absolute Gasteiger partial charge is 0.244 e. The lowest BCUT2D eigenvalue weighted by atomic mass is 10.1. The van der Waals surface area contributed by atoms with Crippen LogP contribution in [-0.4, -0.2) is 31.6 Å². The Morgan fingerprint density at radius 3 is 1.92 bits per heavy atom. The number of benzene rings is 4. The fraction of sp³-hybridized carbons (Fsp3) is 0.0732. The van der Waals surface area contributed by atoms with Crippen molar-refractivity contribution in [3.05, 3.63) is 168 Å². The maximum Gasteiger partial charge on any atom is 0.244 e. The van der Waals surface area contributed by atoms with Gasteiger partial charge in [-0.25, -0.2) is 14.4 Å². The Bertz CT molecular complexity index is 2260. The molecule has 0 atom stereocenters. The number of nitrogens with zero attached hydrogens (tertiary/aromatic N) is 4. The second-order valence-corrected chi connectivity index (χ2v) is 11.9. The first kappa shape index (κ1) is 35.6. The minimum atomic E-state index is -0.622. The molecule has 0 spiro atoms. The number of ketones is 1. The molecule has 0 unspecified atom stereocenters. The van der Waals surface area contributed by atoms with Crippen molar-refractivity contribution in [2.45, 2.75) is 20.4 Å². The Labute approximate surface area is 306 Å². The molecule has 264 valence electrons. The van der Waals surface area contributed by atoms with Crippen LogP contribution in [0.15, 0.2) is 145 Å². The quantitative estimate of drug-likeness (QED) is 0.0424. The van der Waals surface area contributed by atoms with E-state index in [-0.39, 0.29) is 23.5 Å². The van der Waals surface area contributed by atoms with Crippen LogP contribution in [0.4, 0.5) is 50.7 Å². The largest absolute Gasteiger partial charge is 0.348 e. The fourth-order valence-electron chi connectivity index (χ4n) is 4.99.